The number of thioether (sulfide) groups is 1. The largest absolute Gasteiger partial charge is 0.264 e. The van der Waals surface area contributed by atoms with Crippen molar-refractivity contribution in [2.24, 2.45) is 0 Å². The lowest BCUT2D eigenvalue weighted by Crippen LogP contribution is -2.14. The highest BCUT2D eigenvalue weighted by molar-refractivity contribution is 7.98. The number of nitrogens with zero attached hydrogens (tertiary/aromatic N) is 4. The van der Waals surface area contributed by atoms with E-state index in [9.17, 15) is 8.42 Å². The third-order valence-electron chi connectivity index (χ3n) is 3.30. The van der Waals surface area contributed by atoms with Crippen molar-refractivity contribution >= 4 is 50.1 Å². The monoisotopic (exact) mass is 427 g/mol. The Kier molecular flexibility index (Phi) is 5.76. The van der Waals surface area contributed by atoms with E-state index in [1.807, 2.05) is 13.0 Å². The maximum Gasteiger partial charge on any atom is 0.264 e. The fraction of sp³-hybridized carbons (Fsp3) is 0.200. The molecule has 0 amide bonds. The Morgan fingerprint density at radius 1 is 1.23 bits per heavy atom. The van der Waals surface area contributed by atoms with Crippen LogP contribution in [0, 0.1) is 13.8 Å². The summed E-state index contributed by atoms with van der Waals surface area (Å²) in [5, 5.41) is 1.21. The number of sulfonamides is 1. The third kappa shape index (κ3) is 4.50. The molecule has 26 heavy (non-hydrogen) atoms. The fourth-order valence-corrected chi connectivity index (χ4v) is 5.15. The van der Waals surface area contributed by atoms with E-state index >= 15 is 0 Å². The summed E-state index contributed by atoms with van der Waals surface area (Å²) >= 11 is 8.37. The van der Waals surface area contributed by atoms with Gasteiger partial charge >= 0.3 is 0 Å². The Balaban J connectivity index is 1.71. The lowest BCUT2D eigenvalue weighted by atomic mass is 10.2. The molecule has 3 aromatic rings. The highest BCUT2D eigenvalue weighted by atomic mass is 35.5. The summed E-state index contributed by atoms with van der Waals surface area (Å²) in [4.78, 5) is 12.8. The fourth-order valence-electron chi connectivity index (χ4n) is 2.03. The molecule has 2 heterocycles. The molecule has 0 atom stereocenters. The van der Waals surface area contributed by atoms with Crippen LogP contribution < -0.4 is 4.72 Å². The number of hydrogen-bond acceptors (Lipinski definition) is 8. The van der Waals surface area contributed by atoms with Crippen LogP contribution in [0.25, 0.3) is 0 Å². The second kappa shape index (κ2) is 7.87. The summed E-state index contributed by atoms with van der Waals surface area (Å²) in [6, 6.07) is 6.55. The quantitative estimate of drug-likeness (QED) is 0.473. The first kappa shape index (κ1) is 19.0. The minimum atomic E-state index is -3.78. The van der Waals surface area contributed by atoms with E-state index in [-0.39, 0.29) is 10.0 Å². The van der Waals surface area contributed by atoms with Crippen LogP contribution in [0.15, 0.2) is 40.5 Å². The molecular weight excluding hydrogens is 414 g/mol. The zero-order valence-corrected chi connectivity index (χ0v) is 17.0. The van der Waals surface area contributed by atoms with E-state index in [1.54, 1.807) is 25.3 Å². The van der Waals surface area contributed by atoms with Gasteiger partial charge in [0, 0.05) is 28.4 Å². The molecular formula is C15H14ClN5O2S3. The smallest absolute Gasteiger partial charge is 0.253 e. The standard InChI is InChI=1S/C15H14ClN5O2S3/c1-9-6-7-17-14(18-9)24-8-13-19-15(25-20-13)21-26(22,23)12-5-3-4-11(16)10(12)2/h3-7H,8H2,1-2H3,(H,19,20,21). The van der Waals surface area contributed by atoms with Gasteiger partial charge in [0.25, 0.3) is 10.0 Å². The maximum absolute atomic E-state index is 12.5. The van der Waals surface area contributed by atoms with Crippen molar-refractivity contribution in [3.8, 4) is 0 Å². The Hall–Kier alpha value is -1.75. The van der Waals surface area contributed by atoms with Crippen molar-refractivity contribution in [2.45, 2.75) is 29.7 Å². The topological polar surface area (TPSA) is 97.7 Å². The third-order valence-corrected chi connectivity index (χ3v) is 6.85. The molecule has 0 aliphatic carbocycles. The summed E-state index contributed by atoms with van der Waals surface area (Å²) in [5.74, 6) is 0.948. The maximum atomic E-state index is 12.5. The molecule has 7 nitrogen and oxygen atoms in total. The van der Waals surface area contributed by atoms with Crippen LogP contribution in [0.3, 0.4) is 0 Å². The number of anilines is 1. The number of benzene rings is 1. The van der Waals surface area contributed by atoms with Crippen molar-refractivity contribution in [1.82, 2.24) is 19.3 Å². The van der Waals surface area contributed by atoms with E-state index in [0.29, 0.717) is 27.3 Å². The Bertz CT molecular complexity index is 1040. The predicted octanol–water partition coefficient (Wildman–Crippen LogP) is 3.69. The number of halogens is 1. The summed E-state index contributed by atoms with van der Waals surface area (Å²) in [5.41, 5.74) is 1.36. The lowest BCUT2D eigenvalue weighted by molar-refractivity contribution is 0.600. The lowest BCUT2D eigenvalue weighted by Gasteiger charge is -2.08. The highest BCUT2D eigenvalue weighted by Gasteiger charge is 2.20. The van der Waals surface area contributed by atoms with Crippen molar-refractivity contribution in [3.05, 3.63) is 52.6 Å². The van der Waals surface area contributed by atoms with E-state index in [2.05, 4.69) is 24.0 Å². The van der Waals surface area contributed by atoms with E-state index in [4.69, 9.17) is 11.6 Å². The van der Waals surface area contributed by atoms with Crippen molar-refractivity contribution in [1.29, 1.82) is 0 Å². The summed E-state index contributed by atoms with van der Waals surface area (Å²) in [6.45, 7) is 3.54. The molecule has 0 fully saturated rings. The molecule has 0 saturated carbocycles. The number of nitrogens with one attached hydrogen (secondary N) is 1. The second-order valence-electron chi connectivity index (χ2n) is 5.25. The minimum absolute atomic E-state index is 0.115. The number of aromatic nitrogens is 4. The van der Waals surface area contributed by atoms with Gasteiger partial charge < -0.3 is 0 Å². The molecule has 0 spiro atoms. The second-order valence-corrected chi connectivity index (χ2v) is 9.01. The van der Waals surface area contributed by atoms with Gasteiger partial charge in [-0.2, -0.15) is 4.37 Å². The Labute approximate surface area is 164 Å². The highest BCUT2D eigenvalue weighted by Crippen LogP contribution is 2.26. The van der Waals surface area contributed by atoms with Gasteiger partial charge in [-0.3, -0.25) is 4.72 Å². The van der Waals surface area contributed by atoms with Gasteiger partial charge in [-0.15, -0.1) is 0 Å². The predicted molar refractivity (Wildman–Crippen MR) is 103 cm³/mol. The van der Waals surface area contributed by atoms with E-state index in [0.717, 1.165) is 17.2 Å². The number of rotatable bonds is 6. The van der Waals surface area contributed by atoms with Crippen LogP contribution in [0.5, 0.6) is 0 Å². The van der Waals surface area contributed by atoms with Crippen molar-refractivity contribution < 1.29 is 8.42 Å². The number of aryl methyl sites for hydroxylation is 1. The molecule has 0 saturated heterocycles. The summed E-state index contributed by atoms with van der Waals surface area (Å²) in [6.07, 6.45) is 1.69. The van der Waals surface area contributed by atoms with Crippen LogP contribution in [0.1, 0.15) is 17.1 Å². The molecule has 0 bridgehead atoms. The molecule has 2 aromatic heterocycles. The average molecular weight is 428 g/mol. The van der Waals surface area contributed by atoms with Gasteiger partial charge in [-0.05, 0) is 37.6 Å². The molecule has 3 rings (SSSR count). The average Bonchev–Trinajstić information content (AvgIpc) is 3.02. The zero-order valence-electron chi connectivity index (χ0n) is 13.8. The van der Waals surface area contributed by atoms with Gasteiger partial charge in [0.1, 0.15) is 0 Å². The Morgan fingerprint density at radius 2 is 2.04 bits per heavy atom. The normalized spacial score (nSPS) is 11.5. The van der Waals surface area contributed by atoms with Crippen LogP contribution in [-0.2, 0) is 15.8 Å². The first-order chi connectivity index (χ1) is 12.3. The van der Waals surface area contributed by atoms with E-state index in [1.165, 1.54) is 17.8 Å². The van der Waals surface area contributed by atoms with Crippen LogP contribution in [0.2, 0.25) is 5.02 Å². The van der Waals surface area contributed by atoms with Gasteiger partial charge in [-0.1, -0.05) is 29.4 Å². The number of hydrogen-bond donors (Lipinski definition) is 1. The first-order valence-electron chi connectivity index (χ1n) is 7.38. The summed E-state index contributed by atoms with van der Waals surface area (Å²) < 4.78 is 31.7. The zero-order chi connectivity index (χ0) is 18.7. The van der Waals surface area contributed by atoms with Crippen LogP contribution in [-0.4, -0.2) is 27.7 Å². The van der Waals surface area contributed by atoms with Gasteiger partial charge in [0.05, 0.1) is 10.6 Å². The molecule has 0 unspecified atom stereocenters. The van der Waals surface area contributed by atoms with Crippen LogP contribution in [0.4, 0.5) is 5.13 Å². The first-order valence-corrected chi connectivity index (χ1v) is 11.0. The van der Waals surface area contributed by atoms with Crippen molar-refractivity contribution in [3.63, 3.8) is 0 Å². The van der Waals surface area contributed by atoms with Gasteiger partial charge in [-0.25, -0.2) is 23.4 Å². The minimum Gasteiger partial charge on any atom is -0.253 e. The molecule has 11 heteroatoms. The SMILES string of the molecule is Cc1ccnc(SCc2nsc(NS(=O)(=O)c3cccc(Cl)c3C)n2)n1. The van der Waals surface area contributed by atoms with Gasteiger partial charge in [0.15, 0.2) is 11.0 Å². The van der Waals surface area contributed by atoms with Gasteiger partial charge in [0.2, 0.25) is 5.13 Å². The molecule has 136 valence electrons. The molecule has 0 radical (unpaired) electrons. The van der Waals surface area contributed by atoms with Crippen LogP contribution >= 0.6 is 34.9 Å². The summed E-state index contributed by atoms with van der Waals surface area (Å²) in [7, 11) is -3.78. The Morgan fingerprint density at radius 3 is 2.81 bits per heavy atom. The van der Waals surface area contributed by atoms with Crippen molar-refractivity contribution in [2.75, 3.05) is 4.72 Å². The van der Waals surface area contributed by atoms with E-state index < -0.39 is 10.0 Å². The molecule has 1 N–H and O–H groups in total. The molecule has 0 aliphatic rings. The molecule has 1 aromatic carbocycles. The molecule has 0 aliphatic heterocycles.